The van der Waals surface area contributed by atoms with Gasteiger partial charge in [0.25, 0.3) is 9.84 Å². The summed E-state index contributed by atoms with van der Waals surface area (Å²) in [5.74, 6) is -1.17. The van der Waals surface area contributed by atoms with Gasteiger partial charge in [0, 0.05) is 6.20 Å². The third-order valence-corrected chi connectivity index (χ3v) is 5.81. The van der Waals surface area contributed by atoms with Crippen LogP contribution >= 0.6 is 0 Å². The molecule has 9 nitrogen and oxygen atoms in total. The van der Waals surface area contributed by atoms with Crippen LogP contribution in [0.4, 0.5) is 13.2 Å². The topological polar surface area (TPSA) is 120 Å². The number of aromatic hydroxyl groups is 1. The molecule has 0 aliphatic heterocycles. The number of hydrogen-bond acceptors (Lipinski definition) is 7. The third kappa shape index (κ3) is 4.37. The Kier molecular flexibility index (Phi) is 6.12. The van der Waals surface area contributed by atoms with Crippen LogP contribution in [0.2, 0.25) is 0 Å². The van der Waals surface area contributed by atoms with E-state index in [1.54, 1.807) is 13.0 Å². The number of alkyl halides is 3. The molecule has 13 heteroatoms. The minimum absolute atomic E-state index is 0.0301. The second-order valence-corrected chi connectivity index (χ2v) is 8.39. The molecule has 3 aromatic rings. The van der Waals surface area contributed by atoms with Crippen molar-refractivity contribution < 1.29 is 36.2 Å². The molecular weight excluding hydrogens is 455 g/mol. The first-order chi connectivity index (χ1) is 15.0. The predicted octanol–water partition coefficient (Wildman–Crippen LogP) is 2.26. The molecule has 170 valence electrons. The van der Waals surface area contributed by atoms with Crippen molar-refractivity contribution >= 4 is 15.8 Å². The molecule has 2 aromatic heterocycles. The molecule has 0 spiro atoms. The molecule has 1 aromatic carbocycles. The van der Waals surface area contributed by atoms with Crippen LogP contribution in [0.5, 0.6) is 5.88 Å². The SMILES string of the molecule is CCOC(=O)c1cc(Cn2cc(O)n(-c3ccc(S(=O)(=O)C(F)(F)F)cc3)c2=O)ccn1. The van der Waals surface area contributed by atoms with Crippen LogP contribution in [0, 0.1) is 0 Å². The number of halogens is 3. The molecule has 2 heterocycles. The second kappa shape index (κ2) is 8.49. The number of nitrogens with zero attached hydrogens (tertiary/aromatic N) is 3. The second-order valence-electron chi connectivity index (χ2n) is 6.45. The highest BCUT2D eigenvalue weighted by Crippen LogP contribution is 2.30. The number of carbonyl (C=O) groups excluding carboxylic acids is 1. The first kappa shape index (κ1) is 23.1. The molecule has 0 aliphatic carbocycles. The molecule has 3 rings (SSSR count). The van der Waals surface area contributed by atoms with E-state index in [4.69, 9.17) is 4.74 Å². The highest BCUT2D eigenvalue weighted by atomic mass is 32.2. The molecular formula is C19H16F3N3O6S. The first-order valence-corrected chi connectivity index (χ1v) is 10.5. The number of esters is 1. The van der Waals surface area contributed by atoms with Crippen LogP contribution in [0.25, 0.3) is 5.69 Å². The molecule has 0 atom stereocenters. The van der Waals surface area contributed by atoms with Crippen molar-refractivity contribution in [2.24, 2.45) is 0 Å². The Morgan fingerprint density at radius 1 is 1.19 bits per heavy atom. The Bertz CT molecular complexity index is 1310. The van der Waals surface area contributed by atoms with Crippen molar-refractivity contribution in [3.8, 4) is 11.6 Å². The van der Waals surface area contributed by atoms with E-state index in [1.807, 2.05) is 0 Å². The zero-order valence-corrected chi connectivity index (χ0v) is 17.2. The van der Waals surface area contributed by atoms with Gasteiger partial charge in [-0.05, 0) is 48.9 Å². The number of imidazole rings is 1. The van der Waals surface area contributed by atoms with E-state index in [-0.39, 0.29) is 24.5 Å². The van der Waals surface area contributed by atoms with Gasteiger partial charge in [-0.25, -0.2) is 27.6 Å². The number of carbonyl (C=O) groups is 1. The minimum atomic E-state index is -5.55. The lowest BCUT2D eigenvalue weighted by Crippen LogP contribution is -2.24. The van der Waals surface area contributed by atoms with E-state index in [9.17, 15) is 36.3 Å². The number of hydrogen-bond donors (Lipinski definition) is 1. The summed E-state index contributed by atoms with van der Waals surface area (Å²) >= 11 is 0. The summed E-state index contributed by atoms with van der Waals surface area (Å²) in [5.41, 5.74) is -5.74. The summed E-state index contributed by atoms with van der Waals surface area (Å²) < 4.78 is 67.7. The summed E-state index contributed by atoms with van der Waals surface area (Å²) in [6.45, 7) is 1.73. The largest absolute Gasteiger partial charge is 0.501 e. The number of benzene rings is 1. The van der Waals surface area contributed by atoms with Crippen LogP contribution in [-0.2, 0) is 21.1 Å². The summed E-state index contributed by atoms with van der Waals surface area (Å²) in [4.78, 5) is 27.4. The standard InChI is InChI=1S/C19H16F3N3O6S/c1-2-31-17(27)15-9-12(7-8-23-15)10-24-11-16(26)25(18(24)28)13-3-5-14(6-4-13)32(29,30)19(20,21)22/h3-9,11,26H,2,10H2,1H3. The Balaban J connectivity index is 1.92. The fourth-order valence-electron chi connectivity index (χ4n) is 2.83. The fourth-order valence-corrected chi connectivity index (χ4v) is 3.59. The van der Waals surface area contributed by atoms with E-state index in [0.717, 1.165) is 27.5 Å². The number of rotatable bonds is 6. The van der Waals surface area contributed by atoms with Crippen LogP contribution in [0.1, 0.15) is 23.0 Å². The molecule has 0 bridgehead atoms. The third-order valence-electron chi connectivity index (χ3n) is 4.31. The zero-order valence-electron chi connectivity index (χ0n) is 16.4. The van der Waals surface area contributed by atoms with Crippen LogP contribution in [-0.4, -0.2) is 45.7 Å². The van der Waals surface area contributed by atoms with Crippen molar-refractivity contribution in [2.45, 2.75) is 23.9 Å². The number of pyridine rings is 1. The predicted molar refractivity (Wildman–Crippen MR) is 104 cm³/mol. The average Bonchev–Trinajstić information content (AvgIpc) is 3.00. The maximum absolute atomic E-state index is 12.7. The van der Waals surface area contributed by atoms with Gasteiger partial charge >= 0.3 is 17.2 Å². The maximum Gasteiger partial charge on any atom is 0.501 e. The van der Waals surface area contributed by atoms with Gasteiger partial charge in [0.1, 0.15) is 5.69 Å². The number of sulfone groups is 1. The van der Waals surface area contributed by atoms with E-state index < -0.39 is 37.8 Å². The Labute approximate surface area is 179 Å². The van der Waals surface area contributed by atoms with Gasteiger partial charge < -0.3 is 9.84 Å². The lowest BCUT2D eigenvalue weighted by atomic mass is 10.2. The monoisotopic (exact) mass is 471 g/mol. The lowest BCUT2D eigenvalue weighted by Gasteiger charge is -2.09. The van der Waals surface area contributed by atoms with Gasteiger partial charge in [0.2, 0.25) is 5.88 Å². The van der Waals surface area contributed by atoms with E-state index in [1.165, 1.54) is 12.3 Å². The quantitative estimate of drug-likeness (QED) is 0.548. The van der Waals surface area contributed by atoms with Crippen molar-refractivity contribution in [2.75, 3.05) is 6.61 Å². The lowest BCUT2D eigenvalue weighted by molar-refractivity contribution is -0.0436. The normalized spacial score (nSPS) is 12.0. The van der Waals surface area contributed by atoms with Crippen molar-refractivity contribution in [3.05, 3.63) is 70.5 Å². The smallest absolute Gasteiger partial charge is 0.493 e. The van der Waals surface area contributed by atoms with Gasteiger partial charge in [0.05, 0.1) is 29.9 Å². The van der Waals surface area contributed by atoms with Crippen LogP contribution < -0.4 is 5.69 Å². The Morgan fingerprint density at radius 3 is 2.44 bits per heavy atom. The van der Waals surface area contributed by atoms with Crippen molar-refractivity contribution in [1.29, 1.82) is 0 Å². The van der Waals surface area contributed by atoms with Crippen molar-refractivity contribution in [1.82, 2.24) is 14.1 Å². The van der Waals surface area contributed by atoms with E-state index >= 15 is 0 Å². The number of aromatic nitrogens is 3. The van der Waals surface area contributed by atoms with E-state index in [0.29, 0.717) is 17.7 Å². The molecule has 0 radical (unpaired) electrons. The highest BCUT2D eigenvalue weighted by molar-refractivity contribution is 7.92. The maximum atomic E-state index is 12.7. The van der Waals surface area contributed by atoms with Gasteiger partial charge in [-0.3, -0.25) is 4.57 Å². The van der Waals surface area contributed by atoms with Gasteiger partial charge in [0.15, 0.2) is 0 Å². The summed E-state index contributed by atoms with van der Waals surface area (Å²) in [5, 5.41) is 10.2. The molecule has 0 fully saturated rings. The molecule has 32 heavy (non-hydrogen) atoms. The molecule has 0 unspecified atom stereocenters. The Morgan fingerprint density at radius 2 is 1.84 bits per heavy atom. The summed E-state index contributed by atoms with van der Waals surface area (Å²) in [7, 11) is -5.55. The summed E-state index contributed by atoms with van der Waals surface area (Å²) in [6.07, 6.45) is 2.44. The van der Waals surface area contributed by atoms with Gasteiger partial charge in [-0.1, -0.05) is 0 Å². The molecule has 0 saturated carbocycles. The first-order valence-electron chi connectivity index (χ1n) is 9.00. The molecule has 0 aliphatic rings. The highest BCUT2D eigenvalue weighted by Gasteiger charge is 2.46. The Hall–Kier alpha value is -3.61. The van der Waals surface area contributed by atoms with Crippen LogP contribution in [0.15, 0.2) is 58.5 Å². The average molecular weight is 471 g/mol. The zero-order chi connectivity index (χ0) is 23.7. The van der Waals surface area contributed by atoms with Gasteiger partial charge in [-0.2, -0.15) is 13.2 Å². The summed E-state index contributed by atoms with van der Waals surface area (Å²) in [6, 6.07) is 6.27. The van der Waals surface area contributed by atoms with E-state index in [2.05, 4.69) is 4.98 Å². The molecule has 0 saturated heterocycles. The number of ether oxygens (including phenoxy) is 1. The molecule has 1 N–H and O–H groups in total. The van der Waals surface area contributed by atoms with Crippen molar-refractivity contribution in [3.63, 3.8) is 0 Å². The van der Waals surface area contributed by atoms with Gasteiger partial charge in [-0.15, -0.1) is 0 Å². The van der Waals surface area contributed by atoms with Crippen LogP contribution in [0.3, 0.4) is 0 Å². The minimum Gasteiger partial charge on any atom is -0.493 e. The molecule has 0 amide bonds. The fraction of sp³-hybridized carbons (Fsp3) is 0.211.